The van der Waals surface area contributed by atoms with E-state index in [1.165, 1.54) is 7.11 Å². The van der Waals surface area contributed by atoms with Crippen molar-refractivity contribution >= 4 is 17.6 Å². The number of amides is 1. The Kier molecular flexibility index (Phi) is 7.88. The van der Waals surface area contributed by atoms with E-state index in [4.69, 9.17) is 13.9 Å². The second-order valence-electron chi connectivity index (χ2n) is 6.14. The average Bonchev–Trinajstić information content (AvgIpc) is 3.11. The van der Waals surface area contributed by atoms with Crippen LogP contribution in [0.15, 0.2) is 34.7 Å². The minimum Gasteiger partial charge on any atom is -0.490 e. The number of rotatable bonds is 10. The van der Waals surface area contributed by atoms with E-state index in [1.54, 1.807) is 30.3 Å². The summed E-state index contributed by atoms with van der Waals surface area (Å²) in [4.78, 5) is 24.7. The Balaban J connectivity index is 1.93. The van der Waals surface area contributed by atoms with Gasteiger partial charge in [0.15, 0.2) is 23.8 Å². The number of esters is 1. The Morgan fingerprint density at radius 1 is 1.07 bits per heavy atom. The second-order valence-corrected chi connectivity index (χ2v) is 6.14. The van der Waals surface area contributed by atoms with Gasteiger partial charge in [-0.25, -0.2) is 4.79 Å². The van der Waals surface area contributed by atoms with Crippen molar-refractivity contribution in [3.05, 3.63) is 41.9 Å². The Morgan fingerprint density at radius 2 is 1.79 bits per heavy atom. The molecule has 28 heavy (non-hydrogen) atoms. The van der Waals surface area contributed by atoms with Crippen LogP contribution < -0.4 is 19.7 Å². The average molecular weight is 391 g/mol. The summed E-state index contributed by atoms with van der Waals surface area (Å²) >= 11 is 0. The lowest BCUT2D eigenvalue weighted by Crippen LogP contribution is -3.08. The summed E-state index contributed by atoms with van der Waals surface area (Å²) in [5.41, 5.74) is 0.635. The molecule has 1 atom stereocenters. The summed E-state index contributed by atoms with van der Waals surface area (Å²) in [7, 11) is 3.16. The first-order valence-corrected chi connectivity index (χ1v) is 9.14. The van der Waals surface area contributed by atoms with Gasteiger partial charge in [-0.05, 0) is 38.1 Å². The predicted molar refractivity (Wildman–Crippen MR) is 103 cm³/mol. The number of anilines is 1. The fourth-order valence-corrected chi connectivity index (χ4v) is 2.65. The molecule has 1 aromatic carbocycles. The first-order chi connectivity index (χ1) is 13.5. The van der Waals surface area contributed by atoms with Crippen LogP contribution in [0.3, 0.4) is 0 Å². The van der Waals surface area contributed by atoms with Gasteiger partial charge < -0.3 is 28.8 Å². The molecule has 0 radical (unpaired) electrons. The highest BCUT2D eigenvalue weighted by molar-refractivity contribution is 5.91. The van der Waals surface area contributed by atoms with Crippen molar-refractivity contribution in [3.63, 3.8) is 0 Å². The topological polar surface area (TPSA) is 91.4 Å². The van der Waals surface area contributed by atoms with Crippen LogP contribution >= 0.6 is 0 Å². The number of carbonyl (C=O) groups excluding carboxylic acids is 2. The van der Waals surface area contributed by atoms with Crippen LogP contribution in [0, 0.1) is 0 Å². The van der Waals surface area contributed by atoms with Crippen LogP contribution in [0.1, 0.15) is 30.2 Å². The standard InChI is InChI=1S/C20H26N2O6/c1-5-26-16-9-7-14(11-18(16)27-6-2)21-19(23)13-22(3)12-15-8-10-17(28-15)20(24)25-4/h7-11H,5-6,12-13H2,1-4H3,(H,21,23)/p+1. The van der Waals surface area contributed by atoms with E-state index in [0.29, 0.717) is 42.7 Å². The molecule has 152 valence electrons. The summed E-state index contributed by atoms with van der Waals surface area (Å²) in [6.45, 7) is 5.51. The summed E-state index contributed by atoms with van der Waals surface area (Å²) in [5.74, 6) is 1.31. The third-order valence-electron chi connectivity index (χ3n) is 3.81. The van der Waals surface area contributed by atoms with Gasteiger partial charge in [0, 0.05) is 11.8 Å². The predicted octanol–water partition coefficient (Wildman–Crippen LogP) is 1.52. The van der Waals surface area contributed by atoms with Gasteiger partial charge in [-0.15, -0.1) is 0 Å². The molecule has 2 rings (SSSR count). The minimum atomic E-state index is -0.526. The van der Waals surface area contributed by atoms with E-state index in [1.807, 2.05) is 20.9 Å². The molecule has 1 amide bonds. The SMILES string of the molecule is CCOc1ccc(NC(=O)C[NH+](C)Cc2ccc(C(=O)OC)o2)cc1OCC. The molecule has 0 aliphatic carbocycles. The molecule has 0 saturated heterocycles. The van der Waals surface area contributed by atoms with Crippen molar-refractivity contribution in [2.45, 2.75) is 20.4 Å². The van der Waals surface area contributed by atoms with Gasteiger partial charge in [0.1, 0.15) is 6.54 Å². The summed E-state index contributed by atoms with van der Waals surface area (Å²) in [6.07, 6.45) is 0. The van der Waals surface area contributed by atoms with Gasteiger partial charge in [-0.2, -0.15) is 0 Å². The zero-order chi connectivity index (χ0) is 20.5. The van der Waals surface area contributed by atoms with Gasteiger partial charge in [-0.1, -0.05) is 0 Å². The lowest BCUT2D eigenvalue weighted by molar-refractivity contribution is -0.886. The molecule has 0 aliphatic heterocycles. The molecule has 0 aliphatic rings. The van der Waals surface area contributed by atoms with Gasteiger partial charge in [0.2, 0.25) is 5.76 Å². The molecule has 8 nitrogen and oxygen atoms in total. The van der Waals surface area contributed by atoms with Gasteiger partial charge in [0.05, 0.1) is 27.4 Å². The zero-order valence-corrected chi connectivity index (χ0v) is 16.7. The molecule has 1 unspecified atom stereocenters. The van der Waals surface area contributed by atoms with Gasteiger partial charge >= 0.3 is 5.97 Å². The molecule has 0 fully saturated rings. The van der Waals surface area contributed by atoms with Crippen molar-refractivity contribution in [3.8, 4) is 11.5 Å². The molecule has 8 heteroatoms. The van der Waals surface area contributed by atoms with E-state index >= 15 is 0 Å². The number of hydrogen-bond acceptors (Lipinski definition) is 6. The number of nitrogens with one attached hydrogen (secondary N) is 2. The summed E-state index contributed by atoms with van der Waals surface area (Å²) in [6, 6.07) is 8.56. The molecule has 2 aromatic rings. The maximum atomic E-state index is 12.3. The molecular formula is C20H27N2O6+. The maximum absolute atomic E-state index is 12.3. The Morgan fingerprint density at radius 3 is 2.46 bits per heavy atom. The highest BCUT2D eigenvalue weighted by atomic mass is 16.5. The Labute approximate surface area is 164 Å². The van der Waals surface area contributed by atoms with E-state index in [2.05, 4.69) is 10.1 Å². The van der Waals surface area contributed by atoms with E-state index < -0.39 is 5.97 Å². The molecule has 0 bridgehead atoms. The molecule has 1 aromatic heterocycles. The number of furan rings is 1. The quantitative estimate of drug-likeness (QED) is 0.597. The minimum absolute atomic E-state index is 0.146. The van der Waals surface area contributed by atoms with E-state index in [-0.39, 0.29) is 18.2 Å². The first kappa shape index (κ1) is 21.3. The Hall–Kier alpha value is -3.00. The number of benzene rings is 1. The monoisotopic (exact) mass is 391 g/mol. The number of quaternary nitrogens is 1. The molecular weight excluding hydrogens is 364 g/mol. The van der Waals surface area contributed by atoms with Crippen LogP contribution in [0.25, 0.3) is 0 Å². The maximum Gasteiger partial charge on any atom is 0.373 e. The highest BCUT2D eigenvalue weighted by Crippen LogP contribution is 2.30. The van der Waals surface area contributed by atoms with Crippen molar-refractivity contribution in [1.29, 1.82) is 0 Å². The number of likely N-dealkylation sites (N-methyl/N-ethyl adjacent to an activating group) is 1. The fraction of sp³-hybridized carbons (Fsp3) is 0.400. The van der Waals surface area contributed by atoms with E-state index in [9.17, 15) is 9.59 Å². The summed E-state index contributed by atoms with van der Waals surface area (Å²) in [5, 5.41) is 2.86. The van der Waals surface area contributed by atoms with Crippen molar-refractivity contribution in [2.75, 3.05) is 39.2 Å². The largest absolute Gasteiger partial charge is 0.490 e. The number of hydrogen-bond donors (Lipinski definition) is 2. The second kappa shape index (κ2) is 10.4. The number of carbonyl (C=O) groups is 2. The van der Waals surface area contributed by atoms with Gasteiger partial charge in [0.25, 0.3) is 5.91 Å². The lowest BCUT2D eigenvalue weighted by Gasteiger charge is -2.14. The van der Waals surface area contributed by atoms with Crippen LogP contribution in [0.2, 0.25) is 0 Å². The fourth-order valence-electron chi connectivity index (χ4n) is 2.65. The third-order valence-corrected chi connectivity index (χ3v) is 3.81. The van der Waals surface area contributed by atoms with Crippen LogP contribution in [0.5, 0.6) is 11.5 Å². The highest BCUT2D eigenvalue weighted by Gasteiger charge is 2.16. The molecule has 2 N–H and O–H groups in total. The zero-order valence-electron chi connectivity index (χ0n) is 16.7. The third kappa shape index (κ3) is 6.02. The van der Waals surface area contributed by atoms with E-state index in [0.717, 1.165) is 4.90 Å². The number of methoxy groups -OCH3 is 1. The van der Waals surface area contributed by atoms with Crippen molar-refractivity contribution < 1.29 is 33.1 Å². The first-order valence-electron chi connectivity index (χ1n) is 9.14. The van der Waals surface area contributed by atoms with Crippen LogP contribution in [-0.2, 0) is 16.1 Å². The smallest absolute Gasteiger partial charge is 0.373 e. The van der Waals surface area contributed by atoms with Crippen LogP contribution in [-0.4, -0.2) is 45.8 Å². The van der Waals surface area contributed by atoms with Crippen LogP contribution in [0.4, 0.5) is 5.69 Å². The number of ether oxygens (including phenoxy) is 3. The lowest BCUT2D eigenvalue weighted by atomic mass is 10.2. The Bertz CT molecular complexity index is 802. The normalized spacial score (nSPS) is 11.6. The van der Waals surface area contributed by atoms with Gasteiger partial charge in [-0.3, -0.25) is 4.79 Å². The van der Waals surface area contributed by atoms with Crippen molar-refractivity contribution in [1.82, 2.24) is 0 Å². The molecule has 0 saturated carbocycles. The summed E-state index contributed by atoms with van der Waals surface area (Å²) < 4.78 is 21.1. The molecule has 0 spiro atoms. The van der Waals surface area contributed by atoms with Crippen molar-refractivity contribution in [2.24, 2.45) is 0 Å². The molecule has 1 heterocycles.